The van der Waals surface area contributed by atoms with Crippen molar-refractivity contribution in [1.29, 1.82) is 0 Å². The number of aliphatic imine (C=N–C) groups is 1. The molecule has 0 aliphatic heterocycles. The Morgan fingerprint density at radius 2 is 1.90 bits per heavy atom. The molecule has 6 heteroatoms. The van der Waals surface area contributed by atoms with Crippen LogP contribution in [0.4, 0.5) is 0 Å². The Balaban J connectivity index is 1.81. The number of nitrogens with one attached hydrogen (secondary N) is 2. The number of hydrogen-bond donors (Lipinski definition) is 2. The first-order chi connectivity index (χ1) is 10.2. The van der Waals surface area contributed by atoms with Gasteiger partial charge in [-0.15, -0.1) is 0 Å². The third-order valence-corrected chi connectivity index (χ3v) is 3.67. The van der Waals surface area contributed by atoms with Crippen LogP contribution < -0.4 is 10.6 Å². The molecule has 0 spiro atoms. The Labute approximate surface area is 134 Å². The quantitative estimate of drug-likeness (QED) is 0.653. The van der Waals surface area contributed by atoms with E-state index in [4.69, 9.17) is 27.6 Å². The molecule has 0 bridgehead atoms. The van der Waals surface area contributed by atoms with Crippen LogP contribution in [0.5, 0.6) is 0 Å². The van der Waals surface area contributed by atoms with Crippen LogP contribution in [-0.2, 0) is 13.0 Å². The SMILES string of the molecule is CN=C(NCCc1c(Cl)cccc1Cl)NCc1ccco1. The van der Waals surface area contributed by atoms with Crippen molar-refractivity contribution in [1.82, 2.24) is 10.6 Å². The molecule has 0 aliphatic carbocycles. The van der Waals surface area contributed by atoms with Crippen molar-refractivity contribution in [2.75, 3.05) is 13.6 Å². The van der Waals surface area contributed by atoms with Gasteiger partial charge in [0.1, 0.15) is 5.76 Å². The third kappa shape index (κ3) is 4.69. The Morgan fingerprint density at radius 3 is 2.52 bits per heavy atom. The second-order valence-corrected chi connectivity index (χ2v) is 5.20. The minimum absolute atomic E-state index is 0.583. The van der Waals surface area contributed by atoms with E-state index in [1.165, 1.54) is 0 Å². The summed E-state index contributed by atoms with van der Waals surface area (Å²) in [6.07, 6.45) is 2.37. The lowest BCUT2D eigenvalue weighted by atomic mass is 10.1. The average Bonchev–Trinajstić information content (AvgIpc) is 2.98. The van der Waals surface area contributed by atoms with Crippen LogP contribution in [-0.4, -0.2) is 19.6 Å². The van der Waals surface area contributed by atoms with Gasteiger partial charge in [0, 0.05) is 23.6 Å². The van der Waals surface area contributed by atoms with E-state index in [1.54, 1.807) is 13.3 Å². The monoisotopic (exact) mass is 325 g/mol. The number of furan rings is 1. The predicted molar refractivity (Wildman–Crippen MR) is 87.1 cm³/mol. The van der Waals surface area contributed by atoms with Crippen LogP contribution >= 0.6 is 23.2 Å². The highest BCUT2D eigenvalue weighted by Crippen LogP contribution is 2.24. The lowest BCUT2D eigenvalue weighted by Crippen LogP contribution is -2.37. The molecular formula is C15H17Cl2N3O. The molecule has 2 aromatic rings. The summed E-state index contributed by atoms with van der Waals surface area (Å²) in [4.78, 5) is 4.15. The fourth-order valence-electron chi connectivity index (χ4n) is 1.88. The van der Waals surface area contributed by atoms with E-state index in [2.05, 4.69) is 15.6 Å². The Morgan fingerprint density at radius 1 is 1.14 bits per heavy atom. The number of guanidine groups is 1. The van der Waals surface area contributed by atoms with Gasteiger partial charge >= 0.3 is 0 Å². The van der Waals surface area contributed by atoms with Gasteiger partial charge in [0.2, 0.25) is 0 Å². The maximum atomic E-state index is 6.14. The second-order valence-electron chi connectivity index (χ2n) is 4.38. The van der Waals surface area contributed by atoms with E-state index in [9.17, 15) is 0 Å². The summed E-state index contributed by atoms with van der Waals surface area (Å²) >= 11 is 12.3. The highest BCUT2D eigenvalue weighted by molar-refractivity contribution is 6.35. The molecule has 2 rings (SSSR count). The number of rotatable bonds is 5. The highest BCUT2D eigenvalue weighted by atomic mass is 35.5. The maximum Gasteiger partial charge on any atom is 0.191 e. The molecule has 1 aromatic heterocycles. The molecule has 1 aromatic carbocycles. The van der Waals surface area contributed by atoms with E-state index in [0.29, 0.717) is 29.1 Å². The van der Waals surface area contributed by atoms with Crippen molar-refractivity contribution < 1.29 is 4.42 Å². The fraction of sp³-hybridized carbons (Fsp3) is 0.267. The maximum absolute atomic E-state index is 6.14. The van der Waals surface area contributed by atoms with Crippen LogP contribution in [0.1, 0.15) is 11.3 Å². The standard InChI is InChI=1S/C15H17Cl2N3O/c1-18-15(20-10-11-4-3-9-21-11)19-8-7-12-13(16)5-2-6-14(12)17/h2-6,9H,7-8,10H2,1H3,(H2,18,19,20). The molecule has 0 radical (unpaired) electrons. The Kier molecular flexibility index (Phi) is 5.96. The lowest BCUT2D eigenvalue weighted by Gasteiger charge is -2.12. The van der Waals surface area contributed by atoms with Crippen LogP contribution in [0.25, 0.3) is 0 Å². The Bertz CT molecular complexity index is 577. The molecule has 2 N–H and O–H groups in total. The largest absolute Gasteiger partial charge is 0.467 e. The third-order valence-electron chi connectivity index (χ3n) is 2.96. The van der Waals surface area contributed by atoms with Crippen molar-refractivity contribution in [3.05, 3.63) is 58.0 Å². The molecular weight excluding hydrogens is 309 g/mol. The second kappa shape index (κ2) is 7.96. The molecule has 0 amide bonds. The normalized spacial score (nSPS) is 11.5. The van der Waals surface area contributed by atoms with E-state index >= 15 is 0 Å². The van der Waals surface area contributed by atoms with Crippen LogP contribution in [0.2, 0.25) is 10.0 Å². The highest BCUT2D eigenvalue weighted by Gasteiger charge is 2.06. The first-order valence-corrected chi connectivity index (χ1v) is 7.36. The minimum atomic E-state index is 0.583. The zero-order valence-corrected chi connectivity index (χ0v) is 13.2. The predicted octanol–water partition coefficient (Wildman–Crippen LogP) is 3.49. The summed E-state index contributed by atoms with van der Waals surface area (Å²) < 4.78 is 5.25. The van der Waals surface area contributed by atoms with E-state index in [0.717, 1.165) is 17.7 Å². The van der Waals surface area contributed by atoms with Crippen molar-refractivity contribution in [2.24, 2.45) is 4.99 Å². The van der Waals surface area contributed by atoms with Gasteiger partial charge in [-0.25, -0.2) is 0 Å². The van der Waals surface area contributed by atoms with E-state index in [-0.39, 0.29) is 0 Å². The van der Waals surface area contributed by atoms with E-state index < -0.39 is 0 Å². The van der Waals surface area contributed by atoms with Gasteiger partial charge in [0.25, 0.3) is 0 Å². The molecule has 0 fully saturated rings. The van der Waals surface area contributed by atoms with Crippen molar-refractivity contribution in [2.45, 2.75) is 13.0 Å². The van der Waals surface area contributed by atoms with Gasteiger partial charge in [-0.2, -0.15) is 0 Å². The summed E-state index contributed by atoms with van der Waals surface area (Å²) in [7, 11) is 1.72. The molecule has 1 heterocycles. The van der Waals surface area contributed by atoms with Crippen LogP contribution in [0.15, 0.2) is 46.0 Å². The lowest BCUT2D eigenvalue weighted by molar-refractivity contribution is 0.501. The van der Waals surface area contributed by atoms with Gasteiger partial charge in [0.05, 0.1) is 12.8 Å². The first kappa shape index (κ1) is 15.7. The van der Waals surface area contributed by atoms with Gasteiger partial charge in [-0.3, -0.25) is 4.99 Å². The van der Waals surface area contributed by atoms with Gasteiger partial charge in [-0.1, -0.05) is 29.3 Å². The summed E-state index contributed by atoms with van der Waals surface area (Å²) in [5.74, 6) is 1.56. The van der Waals surface area contributed by atoms with Crippen molar-refractivity contribution in [3.63, 3.8) is 0 Å². The fourth-order valence-corrected chi connectivity index (χ4v) is 2.47. The average molecular weight is 326 g/mol. The molecule has 0 atom stereocenters. The summed E-state index contributed by atoms with van der Waals surface area (Å²) in [5.41, 5.74) is 0.940. The van der Waals surface area contributed by atoms with Gasteiger partial charge in [-0.05, 0) is 36.2 Å². The van der Waals surface area contributed by atoms with E-state index in [1.807, 2.05) is 30.3 Å². The number of halogens is 2. The molecule has 0 aliphatic rings. The smallest absolute Gasteiger partial charge is 0.191 e. The minimum Gasteiger partial charge on any atom is -0.467 e. The van der Waals surface area contributed by atoms with Crippen molar-refractivity contribution >= 4 is 29.2 Å². The zero-order chi connectivity index (χ0) is 15.1. The number of nitrogens with zero attached hydrogens (tertiary/aromatic N) is 1. The summed E-state index contributed by atoms with van der Waals surface area (Å²) in [6, 6.07) is 9.28. The molecule has 0 saturated carbocycles. The summed E-state index contributed by atoms with van der Waals surface area (Å²) in [5, 5.41) is 7.75. The first-order valence-electron chi connectivity index (χ1n) is 6.60. The van der Waals surface area contributed by atoms with Gasteiger partial charge < -0.3 is 15.1 Å². The topological polar surface area (TPSA) is 49.6 Å². The van der Waals surface area contributed by atoms with Crippen molar-refractivity contribution in [3.8, 4) is 0 Å². The zero-order valence-electron chi connectivity index (χ0n) is 11.7. The number of benzene rings is 1. The summed E-state index contributed by atoms with van der Waals surface area (Å²) in [6.45, 7) is 1.26. The molecule has 0 saturated heterocycles. The molecule has 0 unspecified atom stereocenters. The Hall–Kier alpha value is -1.65. The number of hydrogen-bond acceptors (Lipinski definition) is 2. The molecule has 21 heavy (non-hydrogen) atoms. The van der Waals surface area contributed by atoms with Crippen LogP contribution in [0.3, 0.4) is 0 Å². The molecule has 4 nitrogen and oxygen atoms in total. The van der Waals surface area contributed by atoms with Crippen LogP contribution in [0, 0.1) is 0 Å². The van der Waals surface area contributed by atoms with Gasteiger partial charge in [0.15, 0.2) is 5.96 Å². The molecule has 112 valence electrons.